The Kier molecular flexibility index (Phi) is 6.17. The van der Waals surface area contributed by atoms with Gasteiger partial charge in [0.15, 0.2) is 4.80 Å². The lowest BCUT2D eigenvalue weighted by molar-refractivity contribution is -0.141. The molecule has 0 bridgehead atoms. The first kappa shape index (κ1) is 23.5. The van der Waals surface area contributed by atoms with Crippen molar-refractivity contribution in [2.24, 2.45) is 10.1 Å². The molecule has 0 radical (unpaired) electrons. The number of sulfonamides is 1. The molecule has 0 unspecified atom stereocenters. The Hall–Kier alpha value is -3.68. The lowest BCUT2D eigenvalue weighted by Crippen LogP contribution is -2.28. The molecule has 2 aromatic carbocycles. The third-order valence-electron chi connectivity index (χ3n) is 5.10. The van der Waals surface area contributed by atoms with Crippen LogP contribution in [0.25, 0.3) is 10.2 Å². The van der Waals surface area contributed by atoms with Gasteiger partial charge in [0, 0.05) is 18.4 Å². The summed E-state index contributed by atoms with van der Waals surface area (Å²) >= 11 is 0.989. The lowest BCUT2D eigenvalue weighted by Gasteiger charge is -2.14. The fraction of sp³-hybridized carbons (Fsp3) is 0.190. The highest BCUT2D eigenvalue weighted by Crippen LogP contribution is 2.24. The van der Waals surface area contributed by atoms with E-state index >= 15 is 0 Å². The van der Waals surface area contributed by atoms with Gasteiger partial charge in [0.2, 0.25) is 21.8 Å². The topological polar surface area (TPSA) is 158 Å². The van der Waals surface area contributed by atoms with E-state index in [1.807, 2.05) is 0 Å². The number of nitrogens with zero attached hydrogens (tertiary/aromatic N) is 3. The maximum absolute atomic E-state index is 13.0. The number of carbonyl (C=O) groups is 4. The van der Waals surface area contributed by atoms with Crippen LogP contribution in [0.15, 0.2) is 52.4 Å². The molecule has 11 nitrogen and oxygen atoms in total. The number of hydrogen-bond acceptors (Lipinski definition) is 8. The van der Waals surface area contributed by atoms with Crippen molar-refractivity contribution in [3.8, 4) is 0 Å². The first-order chi connectivity index (χ1) is 16.1. The number of primary sulfonamides is 1. The second kappa shape index (κ2) is 8.93. The Labute approximate surface area is 197 Å². The molecule has 176 valence electrons. The van der Waals surface area contributed by atoms with Gasteiger partial charge >= 0.3 is 5.97 Å². The molecule has 2 heterocycles. The van der Waals surface area contributed by atoms with Gasteiger partial charge in [0.25, 0.3) is 5.91 Å². The fourth-order valence-corrected chi connectivity index (χ4v) is 5.14. The average Bonchev–Trinajstić information content (AvgIpc) is 3.31. The van der Waals surface area contributed by atoms with E-state index in [4.69, 9.17) is 9.88 Å². The van der Waals surface area contributed by atoms with Crippen LogP contribution >= 0.6 is 11.3 Å². The van der Waals surface area contributed by atoms with Gasteiger partial charge in [-0.25, -0.2) is 13.6 Å². The van der Waals surface area contributed by atoms with E-state index in [0.717, 1.165) is 16.2 Å². The van der Waals surface area contributed by atoms with Crippen molar-refractivity contribution < 1.29 is 32.3 Å². The Morgan fingerprint density at radius 2 is 1.82 bits per heavy atom. The molecule has 1 saturated heterocycles. The predicted octanol–water partition coefficient (Wildman–Crippen LogP) is 0.918. The normalized spacial score (nSPS) is 14.8. The molecule has 4 rings (SSSR count). The van der Waals surface area contributed by atoms with E-state index in [1.165, 1.54) is 48.1 Å². The standard InChI is InChI=1S/C21H18N4O7S2/c1-32-19(28)11-24-15-6-5-14(34(22,30)31)10-16(15)33-21(24)23-20(29)12-3-2-4-13(9-12)25-17(26)7-8-18(25)27/h2-6,9-10H,7-8,11H2,1H3,(H2,22,30,31). The summed E-state index contributed by atoms with van der Waals surface area (Å²) in [6.45, 7) is -0.270. The van der Waals surface area contributed by atoms with E-state index in [-0.39, 0.29) is 52.1 Å². The van der Waals surface area contributed by atoms with Gasteiger partial charge in [-0.1, -0.05) is 17.4 Å². The minimum atomic E-state index is -3.97. The second-order valence-corrected chi connectivity index (χ2v) is 9.88. The largest absolute Gasteiger partial charge is 0.468 e. The molecule has 3 aromatic rings. The molecule has 1 aliphatic rings. The van der Waals surface area contributed by atoms with Crippen molar-refractivity contribution in [1.29, 1.82) is 0 Å². The molecule has 13 heteroatoms. The van der Waals surface area contributed by atoms with Crippen molar-refractivity contribution >= 4 is 61.0 Å². The summed E-state index contributed by atoms with van der Waals surface area (Å²) in [6, 6.07) is 10.0. The zero-order chi connectivity index (χ0) is 24.6. The summed E-state index contributed by atoms with van der Waals surface area (Å²) in [4.78, 5) is 54.1. The fourth-order valence-electron chi connectivity index (χ4n) is 3.46. The molecule has 3 amide bonds. The van der Waals surface area contributed by atoms with Gasteiger partial charge in [-0.15, -0.1) is 0 Å². The first-order valence-corrected chi connectivity index (χ1v) is 12.2. The second-order valence-electron chi connectivity index (χ2n) is 7.31. The van der Waals surface area contributed by atoms with Crippen LogP contribution in [-0.4, -0.2) is 43.8 Å². The molecule has 34 heavy (non-hydrogen) atoms. The molecule has 1 aliphatic heterocycles. The van der Waals surface area contributed by atoms with Crippen molar-refractivity contribution in [2.75, 3.05) is 12.0 Å². The number of ether oxygens (including phenoxy) is 1. The van der Waals surface area contributed by atoms with E-state index < -0.39 is 21.9 Å². The van der Waals surface area contributed by atoms with Gasteiger partial charge < -0.3 is 9.30 Å². The van der Waals surface area contributed by atoms with Gasteiger partial charge in [-0.2, -0.15) is 4.99 Å². The van der Waals surface area contributed by atoms with Crippen LogP contribution in [0.5, 0.6) is 0 Å². The smallest absolute Gasteiger partial charge is 0.325 e. The Balaban J connectivity index is 1.80. The SMILES string of the molecule is COC(=O)Cn1c(=NC(=O)c2cccc(N3C(=O)CCC3=O)c2)sc2cc(S(N)(=O)=O)ccc21. The highest BCUT2D eigenvalue weighted by molar-refractivity contribution is 7.89. The minimum absolute atomic E-state index is 0.108. The van der Waals surface area contributed by atoms with Crippen molar-refractivity contribution in [3.63, 3.8) is 0 Å². The van der Waals surface area contributed by atoms with Crippen LogP contribution in [0, 0.1) is 0 Å². The number of nitrogens with two attached hydrogens (primary N) is 1. The molecule has 0 saturated carbocycles. The summed E-state index contributed by atoms with van der Waals surface area (Å²) in [6.07, 6.45) is 0.217. The molecule has 1 fully saturated rings. The summed E-state index contributed by atoms with van der Waals surface area (Å²) in [5, 5.41) is 5.20. The molecule has 0 atom stereocenters. The number of fused-ring (bicyclic) bond motifs is 1. The summed E-state index contributed by atoms with van der Waals surface area (Å²) in [5.74, 6) is -1.98. The lowest BCUT2D eigenvalue weighted by atomic mass is 10.2. The predicted molar refractivity (Wildman–Crippen MR) is 121 cm³/mol. The maximum atomic E-state index is 13.0. The highest BCUT2D eigenvalue weighted by Gasteiger charge is 2.30. The number of benzene rings is 2. The maximum Gasteiger partial charge on any atom is 0.325 e. The number of thiazole rings is 1. The molecule has 0 aliphatic carbocycles. The van der Waals surface area contributed by atoms with Crippen molar-refractivity contribution in [3.05, 3.63) is 52.8 Å². The summed E-state index contributed by atoms with van der Waals surface area (Å²) < 4.78 is 30.0. The summed E-state index contributed by atoms with van der Waals surface area (Å²) in [5.41, 5.74) is 0.846. The first-order valence-electron chi connectivity index (χ1n) is 9.86. The summed E-state index contributed by atoms with van der Waals surface area (Å²) in [7, 11) is -2.75. The Morgan fingerprint density at radius 3 is 2.47 bits per heavy atom. The Morgan fingerprint density at radius 1 is 1.12 bits per heavy atom. The number of amides is 3. The Bertz CT molecular complexity index is 1520. The highest BCUT2D eigenvalue weighted by atomic mass is 32.2. The van der Waals surface area contributed by atoms with Gasteiger partial charge in [0.1, 0.15) is 6.54 Å². The monoisotopic (exact) mass is 502 g/mol. The number of hydrogen-bond donors (Lipinski definition) is 1. The van der Waals surface area contributed by atoms with Crippen molar-refractivity contribution in [1.82, 2.24) is 4.57 Å². The van der Waals surface area contributed by atoms with Crippen LogP contribution in [0.4, 0.5) is 5.69 Å². The van der Waals surface area contributed by atoms with Crippen LogP contribution in [0.1, 0.15) is 23.2 Å². The molecule has 1 aromatic heterocycles. The third kappa shape index (κ3) is 4.53. The van der Waals surface area contributed by atoms with E-state index in [2.05, 4.69) is 4.99 Å². The number of rotatable bonds is 5. The van der Waals surface area contributed by atoms with Crippen LogP contribution in [0.2, 0.25) is 0 Å². The van der Waals surface area contributed by atoms with E-state index in [1.54, 1.807) is 6.07 Å². The van der Waals surface area contributed by atoms with Gasteiger partial charge in [-0.05, 0) is 36.4 Å². The minimum Gasteiger partial charge on any atom is -0.468 e. The number of anilines is 1. The molecule has 0 spiro atoms. The van der Waals surface area contributed by atoms with E-state index in [0.29, 0.717) is 10.2 Å². The quantitative estimate of drug-likeness (QED) is 0.401. The van der Waals surface area contributed by atoms with Crippen molar-refractivity contribution in [2.45, 2.75) is 24.3 Å². The molecular weight excluding hydrogens is 484 g/mol. The number of aromatic nitrogens is 1. The number of methoxy groups -OCH3 is 1. The van der Waals surface area contributed by atoms with Crippen LogP contribution in [0.3, 0.4) is 0 Å². The van der Waals surface area contributed by atoms with Crippen LogP contribution in [-0.2, 0) is 35.7 Å². The zero-order valence-electron chi connectivity index (χ0n) is 17.8. The number of imide groups is 1. The van der Waals surface area contributed by atoms with Gasteiger partial charge in [0.05, 0.1) is 27.9 Å². The molecule has 2 N–H and O–H groups in total. The van der Waals surface area contributed by atoms with E-state index in [9.17, 15) is 27.6 Å². The number of carbonyl (C=O) groups excluding carboxylic acids is 4. The third-order valence-corrected chi connectivity index (χ3v) is 7.05. The number of esters is 1. The average molecular weight is 503 g/mol. The van der Waals surface area contributed by atoms with Gasteiger partial charge in [-0.3, -0.25) is 24.1 Å². The zero-order valence-corrected chi connectivity index (χ0v) is 19.4. The van der Waals surface area contributed by atoms with Crippen LogP contribution < -0.4 is 14.8 Å². The molecular formula is C21H18N4O7S2.